The van der Waals surface area contributed by atoms with Crippen LogP contribution in [0.3, 0.4) is 0 Å². The van der Waals surface area contributed by atoms with Crippen molar-refractivity contribution in [1.82, 2.24) is 19.8 Å². The first-order valence-corrected chi connectivity index (χ1v) is 15.1. The zero-order chi connectivity index (χ0) is 31.1. The standard InChI is InChI=1S/C27H31F3N7O5P/c1-35-8-10-37(11-9-35)21-7-6-20(23-17(21)14-36(2)25(23)38)32-24-18(27(28,29)30)13-31-26(34-24)33-19-5-4-16(12-22(19)42-3)15-43(39,40)41/h4-7,12-13H,8-11,14-15H2,1-3H3,(H2,39,40,41)(H2,31,32,33,34). The van der Waals surface area contributed by atoms with E-state index >= 15 is 0 Å². The summed E-state index contributed by atoms with van der Waals surface area (Å²) in [6.45, 7) is 3.54. The topological polar surface area (TPSA) is 143 Å². The number of carbonyl (C=O) groups is 1. The number of alkyl halides is 3. The molecule has 2 aliphatic heterocycles. The monoisotopic (exact) mass is 621 g/mol. The largest absolute Gasteiger partial charge is 0.495 e. The van der Waals surface area contributed by atoms with Gasteiger partial charge < -0.3 is 39.9 Å². The Morgan fingerprint density at radius 2 is 1.74 bits per heavy atom. The van der Waals surface area contributed by atoms with E-state index in [2.05, 4.69) is 30.4 Å². The van der Waals surface area contributed by atoms with Crippen molar-refractivity contribution < 1.29 is 37.1 Å². The maximum atomic E-state index is 14.0. The number of nitrogens with zero attached hydrogens (tertiary/aromatic N) is 5. The van der Waals surface area contributed by atoms with Gasteiger partial charge in [-0.15, -0.1) is 0 Å². The third kappa shape index (κ3) is 6.69. The lowest BCUT2D eigenvalue weighted by Gasteiger charge is -2.35. The average molecular weight is 622 g/mol. The number of amides is 1. The fourth-order valence-corrected chi connectivity index (χ4v) is 5.83. The lowest BCUT2D eigenvalue weighted by molar-refractivity contribution is -0.137. The molecule has 0 atom stereocenters. The Morgan fingerprint density at radius 1 is 1.05 bits per heavy atom. The summed E-state index contributed by atoms with van der Waals surface area (Å²) in [6, 6.07) is 7.72. The summed E-state index contributed by atoms with van der Waals surface area (Å²) in [4.78, 5) is 45.6. The molecule has 0 bridgehead atoms. The molecule has 230 valence electrons. The van der Waals surface area contributed by atoms with E-state index in [1.165, 1.54) is 30.2 Å². The number of ether oxygens (including phenoxy) is 1. The van der Waals surface area contributed by atoms with Gasteiger partial charge in [0.25, 0.3) is 5.91 Å². The molecule has 16 heteroatoms. The van der Waals surface area contributed by atoms with Crippen LogP contribution in [0.15, 0.2) is 36.5 Å². The van der Waals surface area contributed by atoms with Crippen LogP contribution in [0.5, 0.6) is 5.75 Å². The van der Waals surface area contributed by atoms with Crippen LogP contribution < -0.4 is 20.3 Å². The van der Waals surface area contributed by atoms with E-state index in [0.29, 0.717) is 23.9 Å². The van der Waals surface area contributed by atoms with Crippen molar-refractivity contribution in [3.8, 4) is 5.75 Å². The first kappa shape index (κ1) is 30.5. The van der Waals surface area contributed by atoms with Crippen molar-refractivity contribution in [3.63, 3.8) is 0 Å². The number of likely N-dealkylation sites (N-methyl/N-ethyl adjacent to an activating group) is 1. The van der Waals surface area contributed by atoms with E-state index in [0.717, 1.165) is 37.4 Å². The molecular weight excluding hydrogens is 590 g/mol. The number of piperazine rings is 1. The van der Waals surface area contributed by atoms with Gasteiger partial charge in [-0.3, -0.25) is 9.36 Å². The molecule has 2 aliphatic rings. The molecule has 3 heterocycles. The van der Waals surface area contributed by atoms with Crippen molar-refractivity contribution in [3.05, 3.63) is 58.8 Å². The average Bonchev–Trinajstić information content (AvgIpc) is 3.23. The predicted molar refractivity (Wildman–Crippen MR) is 154 cm³/mol. The molecule has 0 aliphatic carbocycles. The van der Waals surface area contributed by atoms with Gasteiger partial charge in [-0.25, -0.2) is 4.98 Å². The fraction of sp³-hybridized carbons (Fsp3) is 0.370. The third-order valence-electron chi connectivity index (χ3n) is 7.34. The number of halogens is 3. The number of carbonyl (C=O) groups excluding carboxylic acids is 1. The molecule has 1 amide bonds. The summed E-state index contributed by atoms with van der Waals surface area (Å²) in [5.74, 6) is -0.894. The molecule has 3 aromatic rings. The van der Waals surface area contributed by atoms with Crippen LogP contribution in [0.2, 0.25) is 0 Å². The lowest BCUT2D eigenvalue weighted by atomic mass is 10.0. The first-order valence-electron chi connectivity index (χ1n) is 13.3. The van der Waals surface area contributed by atoms with Crippen molar-refractivity contribution in [2.45, 2.75) is 18.9 Å². The number of hydrogen-bond acceptors (Lipinski definition) is 9. The molecule has 1 fully saturated rings. The molecule has 0 radical (unpaired) electrons. The number of anilines is 5. The number of fused-ring (bicyclic) bond motifs is 1. The van der Waals surface area contributed by atoms with Gasteiger partial charge >= 0.3 is 13.8 Å². The second-order valence-corrected chi connectivity index (χ2v) is 12.1. The predicted octanol–water partition coefficient (Wildman–Crippen LogP) is 4.01. The van der Waals surface area contributed by atoms with Gasteiger partial charge in [-0.1, -0.05) is 6.07 Å². The van der Waals surface area contributed by atoms with Crippen LogP contribution in [-0.2, 0) is 23.4 Å². The highest BCUT2D eigenvalue weighted by Crippen LogP contribution is 2.42. The Hall–Kier alpha value is -3.91. The highest BCUT2D eigenvalue weighted by molar-refractivity contribution is 7.50. The van der Waals surface area contributed by atoms with Gasteiger partial charge in [-0.05, 0) is 36.9 Å². The summed E-state index contributed by atoms with van der Waals surface area (Å²) in [5, 5.41) is 5.56. The number of aromatic nitrogens is 2. The van der Waals surface area contributed by atoms with Crippen molar-refractivity contribution in [2.75, 3.05) is 62.9 Å². The van der Waals surface area contributed by atoms with E-state index in [-0.39, 0.29) is 29.0 Å². The second-order valence-electron chi connectivity index (χ2n) is 10.5. The Balaban J connectivity index is 1.50. The van der Waals surface area contributed by atoms with Gasteiger partial charge in [0.15, 0.2) is 0 Å². The van der Waals surface area contributed by atoms with Crippen molar-refractivity contribution in [2.24, 2.45) is 0 Å². The molecule has 43 heavy (non-hydrogen) atoms. The molecule has 0 spiro atoms. The normalized spacial score (nSPS) is 16.0. The third-order valence-corrected chi connectivity index (χ3v) is 8.11. The van der Waals surface area contributed by atoms with Gasteiger partial charge in [0, 0.05) is 57.2 Å². The SMILES string of the molecule is COc1cc(CP(=O)(O)O)ccc1Nc1ncc(C(F)(F)F)c(Nc2ccc(N3CCN(C)CC3)c3c2C(=O)N(C)C3)n1. The highest BCUT2D eigenvalue weighted by atomic mass is 31.2. The highest BCUT2D eigenvalue weighted by Gasteiger charge is 2.37. The molecule has 0 unspecified atom stereocenters. The van der Waals surface area contributed by atoms with Crippen LogP contribution in [0.25, 0.3) is 0 Å². The van der Waals surface area contributed by atoms with E-state index in [1.54, 1.807) is 13.1 Å². The molecular formula is C27H31F3N7O5P. The van der Waals surface area contributed by atoms with Gasteiger partial charge in [0.1, 0.15) is 17.1 Å². The van der Waals surface area contributed by atoms with Crippen LogP contribution in [0.1, 0.15) is 27.0 Å². The Kier molecular flexibility index (Phi) is 8.27. The Morgan fingerprint density at radius 3 is 2.40 bits per heavy atom. The van der Waals surface area contributed by atoms with Gasteiger partial charge in [0.2, 0.25) is 5.95 Å². The molecule has 1 saturated heterocycles. The first-order chi connectivity index (χ1) is 20.2. The van der Waals surface area contributed by atoms with E-state index < -0.39 is 31.3 Å². The second kappa shape index (κ2) is 11.6. The molecule has 5 rings (SSSR count). The molecule has 12 nitrogen and oxygen atoms in total. The van der Waals surface area contributed by atoms with Crippen LogP contribution in [0.4, 0.5) is 42.0 Å². The molecule has 1 aromatic heterocycles. The summed E-state index contributed by atoms with van der Waals surface area (Å²) in [5.41, 5.74) is 1.54. The number of methoxy groups -OCH3 is 1. The van der Waals surface area contributed by atoms with Gasteiger partial charge in [0.05, 0.1) is 30.2 Å². The molecule has 2 aromatic carbocycles. The maximum absolute atomic E-state index is 14.0. The summed E-state index contributed by atoms with van der Waals surface area (Å²) in [7, 11) is 0.679. The molecule has 4 N–H and O–H groups in total. The molecule has 0 saturated carbocycles. The fourth-order valence-electron chi connectivity index (χ4n) is 5.16. The Bertz CT molecular complexity index is 1590. The quantitative estimate of drug-likeness (QED) is 0.271. The smallest absolute Gasteiger partial charge is 0.421 e. The minimum absolute atomic E-state index is 0.176. The number of rotatable bonds is 8. The van der Waals surface area contributed by atoms with Crippen molar-refractivity contribution in [1.29, 1.82) is 0 Å². The lowest BCUT2D eigenvalue weighted by Crippen LogP contribution is -2.44. The Labute approximate surface area is 245 Å². The van der Waals surface area contributed by atoms with Crippen molar-refractivity contribution >= 4 is 42.3 Å². The maximum Gasteiger partial charge on any atom is 0.421 e. The van der Waals surface area contributed by atoms with Crippen LogP contribution >= 0.6 is 7.60 Å². The van der Waals surface area contributed by atoms with Crippen LogP contribution in [-0.4, -0.2) is 82.8 Å². The number of benzene rings is 2. The number of nitrogens with one attached hydrogen (secondary N) is 2. The minimum atomic E-state index is -4.80. The van der Waals surface area contributed by atoms with Gasteiger partial charge in [-0.2, -0.15) is 18.2 Å². The zero-order valence-corrected chi connectivity index (χ0v) is 24.5. The van der Waals surface area contributed by atoms with E-state index in [1.807, 2.05) is 13.1 Å². The summed E-state index contributed by atoms with van der Waals surface area (Å²) < 4.78 is 58.8. The van der Waals surface area contributed by atoms with Crippen LogP contribution in [0, 0.1) is 0 Å². The zero-order valence-electron chi connectivity index (χ0n) is 23.6. The minimum Gasteiger partial charge on any atom is -0.495 e. The number of hydrogen-bond donors (Lipinski definition) is 4. The van der Waals surface area contributed by atoms with E-state index in [9.17, 15) is 32.3 Å². The van der Waals surface area contributed by atoms with E-state index in [4.69, 9.17) is 4.74 Å². The summed E-state index contributed by atoms with van der Waals surface area (Å²) in [6.07, 6.45) is -4.67. The summed E-state index contributed by atoms with van der Waals surface area (Å²) >= 11 is 0.